The Morgan fingerprint density at radius 3 is 2.54 bits per heavy atom. The van der Waals surface area contributed by atoms with Crippen LogP contribution >= 0.6 is 23.1 Å². The Bertz CT molecular complexity index is 893. The minimum absolute atomic E-state index is 0.0533. The molecule has 0 radical (unpaired) electrons. The average molecular weight is 385 g/mol. The number of thioether (sulfide) groups is 1. The molecule has 0 spiro atoms. The number of aryl methyl sites for hydroxylation is 2. The Morgan fingerprint density at radius 1 is 1.08 bits per heavy atom. The Morgan fingerprint density at radius 2 is 1.81 bits per heavy atom. The van der Waals surface area contributed by atoms with Crippen LogP contribution in [-0.4, -0.2) is 21.4 Å². The van der Waals surface area contributed by atoms with Gasteiger partial charge >= 0.3 is 0 Å². The molecule has 2 aromatic carbocycles. The Balaban J connectivity index is 1.58. The molecule has 1 heterocycles. The van der Waals surface area contributed by atoms with E-state index in [9.17, 15) is 4.79 Å². The Hall–Kier alpha value is -2.38. The number of rotatable bonds is 6. The van der Waals surface area contributed by atoms with E-state index in [4.69, 9.17) is 0 Å². The van der Waals surface area contributed by atoms with Gasteiger partial charge in [-0.3, -0.25) is 4.79 Å². The second-order valence-corrected chi connectivity index (χ2v) is 8.49. The molecule has 7 heteroatoms. The number of anilines is 3. The van der Waals surface area contributed by atoms with E-state index < -0.39 is 0 Å². The van der Waals surface area contributed by atoms with Gasteiger partial charge in [0.2, 0.25) is 11.0 Å². The van der Waals surface area contributed by atoms with Crippen molar-refractivity contribution in [3.8, 4) is 0 Å². The number of nitrogens with one attached hydrogen (secondary N) is 2. The maximum absolute atomic E-state index is 12.4. The maximum atomic E-state index is 12.4. The SMILES string of the molecule is Cc1ccc(NC(=O)[C@H](C)Sc2nnc(Nc3ccccc3C)s2)cc1. The summed E-state index contributed by atoms with van der Waals surface area (Å²) in [6, 6.07) is 15.8. The largest absolute Gasteiger partial charge is 0.330 e. The van der Waals surface area contributed by atoms with E-state index in [1.165, 1.54) is 23.1 Å². The third-order valence-electron chi connectivity index (χ3n) is 3.76. The summed E-state index contributed by atoms with van der Waals surface area (Å²) in [5.41, 5.74) is 4.10. The van der Waals surface area contributed by atoms with E-state index >= 15 is 0 Å². The molecule has 2 N–H and O–H groups in total. The van der Waals surface area contributed by atoms with Crippen molar-refractivity contribution in [2.24, 2.45) is 0 Å². The lowest BCUT2D eigenvalue weighted by molar-refractivity contribution is -0.115. The number of amides is 1. The summed E-state index contributed by atoms with van der Waals surface area (Å²) in [7, 11) is 0. The Labute approximate surface area is 161 Å². The lowest BCUT2D eigenvalue weighted by Gasteiger charge is -2.10. The number of nitrogens with zero attached hydrogens (tertiary/aromatic N) is 2. The molecule has 0 unspecified atom stereocenters. The van der Waals surface area contributed by atoms with Crippen LogP contribution in [0.5, 0.6) is 0 Å². The zero-order valence-corrected chi connectivity index (χ0v) is 16.4. The molecule has 0 bridgehead atoms. The molecule has 5 nitrogen and oxygen atoms in total. The van der Waals surface area contributed by atoms with Crippen molar-refractivity contribution in [2.75, 3.05) is 10.6 Å². The van der Waals surface area contributed by atoms with E-state index in [2.05, 4.69) is 20.8 Å². The van der Waals surface area contributed by atoms with Gasteiger partial charge in [-0.15, -0.1) is 10.2 Å². The molecular formula is C19H20N4OS2. The van der Waals surface area contributed by atoms with Crippen LogP contribution in [0.2, 0.25) is 0 Å². The van der Waals surface area contributed by atoms with Crippen molar-refractivity contribution in [3.05, 3.63) is 59.7 Å². The Kier molecular flexibility index (Phi) is 5.90. The zero-order valence-electron chi connectivity index (χ0n) is 14.8. The van der Waals surface area contributed by atoms with Gasteiger partial charge in [0, 0.05) is 11.4 Å². The van der Waals surface area contributed by atoms with Gasteiger partial charge in [-0.1, -0.05) is 59.0 Å². The number of benzene rings is 2. The number of carbonyl (C=O) groups is 1. The van der Waals surface area contributed by atoms with Crippen LogP contribution in [0, 0.1) is 13.8 Å². The third kappa shape index (κ3) is 4.83. The van der Waals surface area contributed by atoms with Gasteiger partial charge in [0.25, 0.3) is 0 Å². The van der Waals surface area contributed by atoms with Gasteiger partial charge in [-0.05, 0) is 44.5 Å². The molecule has 26 heavy (non-hydrogen) atoms. The molecule has 1 aromatic heterocycles. The average Bonchev–Trinajstić information content (AvgIpc) is 3.06. The topological polar surface area (TPSA) is 66.9 Å². The highest BCUT2D eigenvalue weighted by molar-refractivity contribution is 8.02. The highest BCUT2D eigenvalue weighted by atomic mass is 32.2. The molecule has 0 aliphatic carbocycles. The quantitative estimate of drug-likeness (QED) is 0.584. The number of aromatic nitrogens is 2. The van der Waals surface area contributed by atoms with Gasteiger partial charge in [0.15, 0.2) is 4.34 Å². The first kappa shape index (κ1) is 18.4. The number of carbonyl (C=O) groups excluding carboxylic acids is 1. The molecule has 0 aliphatic heterocycles. The summed E-state index contributed by atoms with van der Waals surface area (Å²) in [5, 5.41) is 15.0. The minimum atomic E-state index is -0.268. The van der Waals surface area contributed by atoms with E-state index in [0.717, 1.165) is 26.8 Å². The highest BCUT2D eigenvalue weighted by Crippen LogP contribution is 2.31. The number of hydrogen-bond acceptors (Lipinski definition) is 6. The summed E-state index contributed by atoms with van der Waals surface area (Å²) in [5.74, 6) is -0.0533. The first-order chi connectivity index (χ1) is 12.5. The van der Waals surface area contributed by atoms with Crippen LogP contribution < -0.4 is 10.6 Å². The molecule has 0 aliphatic rings. The minimum Gasteiger partial charge on any atom is -0.330 e. The predicted octanol–water partition coefficient (Wildman–Crippen LogP) is 5.02. The maximum Gasteiger partial charge on any atom is 0.237 e. The van der Waals surface area contributed by atoms with Crippen LogP contribution in [0.15, 0.2) is 52.9 Å². The smallest absolute Gasteiger partial charge is 0.237 e. The summed E-state index contributed by atoms with van der Waals surface area (Å²) in [6.07, 6.45) is 0. The third-order valence-corrected chi connectivity index (χ3v) is 5.78. The van der Waals surface area contributed by atoms with Crippen molar-refractivity contribution < 1.29 is 4.79 Å². The first-order valence-corrected chi connectivity index (χ1v) is 9.91. The first-order valence-electron chi connectivity index (χ1n) is 8.21. The number of para-hydroxylation sites is 1. The van der Waals surface area contributed by atoms with Crippen LogP contribution in [-0.2, 0) is 4.79 Å². The van der Waals surface area contributed by atoms with Crippen molar-refractivity contribution in [3.63, 3.8) is 0 Å². The molecule has 1 atom stereocenters. The second-order valence-electron chi connectivity index (χ2n) is 5.93. The fraction of sp³-hybridized carbons (Fsp3) is 0.211. The van der Waals surface area contributed by atoms with Gasteiger partial charge in [-0.2, -0.15) is 0 Å². The summed E-state index contributed by atoms with van der Waals surface area (Å²) < 4.78 is 0.757. The van der Waals surface area contributed by atoms with E-state index in [1.807, 2.05) is 69.3 Å². The fourth-order valence-corrected chi connectivity index (χ4v) is 4.13. The zero-order chi connectivity index (χ0) is 18.5. The van der Waals surface area contributed by atoms with E-state index in [1.54, 1.807) is 0 Å². The summed E-state index contributed by atoms with van der Waals surface area (Å²) in [4.78, 5) is 12.4. The lowest BCUT2D eigenvalue weighted by Crippen LogP contribution is -2.22. The molecule has 0 saturated carbocycles. The van der Waals surface area contributed by atoms with Gasteiger partial charge in [0.1, 0.15) is 0 Å². The van der Waals surface area contributed by atoms with Crippen molar-refractivity contribution in [1.29, 1.82) is 0 Å². The molecule has 3 rings (SSSR count). The van der Waals surface area contributed by atoms with Crippen molar-refractivity contribution in [2.45, 2.75) is 30.4 Å². The van der Waals surface area contributed by atoms with Gasteiger partial charge in [-0.25, -0.2) is 0 Å². The second kappa shape index (κ2) is 8.33. The van der Waals surface area contributed by atoms with Gasteiger partial charge < -0.3 is 10.6 Å². The van der Waals surface area contributed by atoms with Gasteiger partial charge in [0.05, 0.1) is 5.25 Å². The summed E-state index contributed by atoms with van der Waals surface area (Å²) >= 11 is 2.84. The lowest BCUT2D eigenvalue weighted by atomic mass is 10.2. The molecule has 3 aromatic rings. The molecular weight excluding hydrogens is 364 g/mol. The van der Waals surface area contributed by atoms with Crippen molar-refractivity contribution >= 4 is 45.5 Å². The predicted molar refractivity (Wildman–Crippen MR) is 109 cm³/mol. The normalized spacial score (nSPS) is 11.8. The molecule has 1 amide bonds. The standard InChI is InChI=1S/C19H20N4OS2/c1-12-8-10-15(11-9-12)20-17(24)14(3)25-19-23-22-18(26-19)21-16-7-5-4-6-13(16)2/h4-11,14H,1-3H3,(H,20,24)(H,21,22)/t14-/m0/s1. The summed E-state index contributed by atoms with van der Waals surface area (Å²) in [6.45, 7) is 5.92. The number of hydrogen-bond donors (Lipinski definition) is 2. The monoisotopic (exact) mass is 384 g/mol. The van der Waals surface area contributed by atoms with E-state index in [0.29, 0.717) is 5.13 Å². The van der Waals surface area contributed by atoms with Crippen LogP contribution in [0.25, 0.3) is 0 Å². The molecule has 134 valence electrons. The van der Waals surface area contributed by atoms with Crippen LogP contribution in [0.4, 0.5) is 16.5 Å². The van der Waals surface area contributed by atoms with Crippen molar-refractivity contribution in [1.82, 2.24) is 10.2 Å². The highest BCUT2D eigenvalue weighted by Gasteiger charge is 2.17. The van der Waals surface area contributed by atoms with E-state index in [-0.39, 0.29) is 11.2 Å². The van der Waals surface area contributed by atoms with Crippen LogP contribution in [0.3, 0.4) is 0 Å². The molecule has 0 fully saturated rings. The fourth-order valence-electron chi connectivity index (χ4n) is 2.22. The molecule has 0 saturated heterocycles. The van der Waals surface area contributed by atoms with Crippen LogP contribution in [0.1, 0.15) is 18.1 Å².